The number of hydrogen-bond acceptors (Lipinski definition) is 4. The third-order valence-corrected chi connectivity index (χ3v) is 5.40. The zero-order chi connectivity index (χ0) is 19.1. The molecule has 6 nitrogen and oxygen atoms in total. The van der Waals surface area contributed by atoms with Crippen molar-refractivity contribution in [3.05, 3.63) is 23.8 Å². The van der Waals surface area contributed by atoms with Crippen molar-refractivity contribution in [1.29, 1.82) is 0 Å². The fraction of sp³-hybridized carbons (Fsp3) is 0.667. The first-order valence-electron chi connectivity index (χ1n) is 10.0. The van der Waals surface area contributed by atoms with Crippen molar-refractivity contribution in [2.45, 2.75) is 44.8 Å². The van der Waals surface area contributed by atoms with E-state index in [1.54, 1.807) is 7.11 Å². The van der Waals surface area contributed by atoms with Gasteiger partial charge in [-0.05, 0) is 49.8 Å². The molecule has 1 aliphatic heterocycles. The van der Waals surface area contributed by atoms with E-state index in [4.69, 9.17) is 14.2 Å². The molecule has 1 saturated carbocycles. The van der Waals surface area contributed by atoms with Crippen LogP contribution >= 0.6 is 24.0 Å². The number of benzene rings is 1. The molecule has 0 spiro atoms. The Hall–Kier alpha value is -1.22. The summed E-state index contributed by atoms with van der Waals surface area (Å²) in [5.41, 5.74) is 1.16. The molecule has 2 aliphatic rings. The Balaban J connectivity index is 0.00000280. The molecule has 0 amide bonds. The third-order valence-electron chi connectivity index (χ3n) is 5.40. The molecule has 1 aliphatic carbocycles. The average molecular weight is 503 g/mol. The Kier molecular flexibility index (Phi) is 9.64. The van der Waals surface area contributed by atoms with E-state index in [1.165, 1.54) is 12.8 Å². The molecule has 3 rings (SSSR count). The van der Waals surface area contributed by atoms with Gasteiger partial charge in [-0.25, -0.2) is 0 Å². The van der Waals surface area contributed by atoms with E-state index >= 15 is 0 Å². The molecule has 0 bridgehead atoms. The highest BCUT2D eigenvalue weighted by molar-refractivity contribution is 14.0. The van der Waals surface area contributed by atoms with Crippen molar-refractivity contribution < 1.29 is 14.2 Å². The lowest BCUT2D eigenvalue weighted by molar-refractivity contribution is 0.181. The van der Waals surface area contributed by atoms with Gasteiger partial charge in [0.05, 0.1) is 19.8 Å². The molecule has 7 heteroatoms. The lowest BCUT2D eigenvalue weighted by Gasteiger charge is -2.24. The Morgan fingerprint density at radius 1 is 1.25 bits per heavy atom. The maximum Gasteiger partial charge on any atom is 0.193 e. The van der Waals surface area contributed by atoms with E-state index < -0.39 is 0 Å². The van der Waals surface area contributed by atoms with Crippen molar-refractivity contribution in [3.8, 4) is 11.5 Å². The average Bonchev–Trinajstić information content (AvgIpc) is 3.37. The first-order valence-corrected chi connectivity index (χ1v) is 10.0. The van der Waals surface area contributed by atoms with E-state index in [1.807, 2.05) is 13.1 Å². The summed E-state index contributed by atoms with van der Waals surface area (Å²) in [6, 6.07) is 6.15. The summed E-state index contributed by atoms with van der Waals surface area (Å²) in [7, 11) is 5.60. The van der Waals surface area contributed by atoms with Gasteiger partial charge in [0.15, 0.2) is 17.5 Å². The fourth-order valence-corrected chi connectivity index (χ4v) is 3.88. The van der Waals surface area contributed by atoms with Gasteiger partial charge in [0, 0.05) is 39.7 Å². The second kappa shape index (κ2) is 11.7. The lowest BCUT2D eigenvalue weighted by atomic mass is 10.1. The number of guanidine groups is 1. The zero-order valence-corrected chi connectivity index (χ0v) is 19.6. The topological polar surface area (TPSA) is 55.3 Å². The number of rotatable bonds is 7. The second-order valence-electron chi connectivity index (χ2n) is 7.52. The number of hydrogen-bond donors (Lipinski definition) is 1. The van der Waals surface area contributed by atoms with Crippen LogP contribution in [0.4, 0.5) is 0 Å². The molecule has 1 N–H and O–H groups in total. The summed E-state index contributed by atoms with van der Waals surface area (Å²) < 4.78 is 17.2. The number of nitrogens with one attached hydrogen (secondary N) is 1. The van der Waals surface area contributed by atoms with E-state index in [9.17, 15) is 0 Å². The number of halogens is 1. The molecule has 158 valence electrons. The molecular weight excluding hydrogens is 469 g/mol. The van der Waals surface area contributed by atoms with Crippen molar-refractivity contribution in [1.82, 2.24) is 10.2 Å². The minimum Gasteiger partial charge on any atom is -0.493 e. The lowest BCUT2D eigenvalue weighted by Crippen LogP contribution is -2.41. The number of aliphatic imine (C=N–C) groups is 1. The highest BCUT2D eigenvalue weighted by Crippen LogP contribution is 2.32. The van der Waals surface area contributed by atoms with Gasteiger partial charge in [-0.15, -0.1) is 24.0 Å². The SMILES string of the molecule is CN=C(NCc1ccc(OC)c(OC2CCCC2)c1)N(C)CC1CCOC1.I. The molecule has 1 saturated heterocycles. The van der Waals surface area contributed by atoms with Gasteiger partial charge in [0.2, 0.25) is 0 Å². The van der Waals surface area contributed by atoms with Gasteiger partial charge in [-0.1, -0.05) is 6.07 Å². The summed E-state index contributed by atoms with van der Waals surface area (Å²) >= 11 is 0. The van der Waals surface area contributed by atoms with Crippen LogP contribution in [0, 0.1) is 5.92 Å². The van der Waals surface area contributed by atoms with Crippen LogP contribution in [0.15, 0.2) is 23.2 Å². The minimum absolute atomic E-state index is 0. The van der Waals surface area contributed by atoms with E-state index in [-0.39, 0.29) is 24.0 Å². The van der Waals surface area contributed by atoms with Gasteiger partial charge in [0.1, 0.15) is 0 Å². The smallest absolute Gasteiger partial charge is 0.193 e. The fourth-order valence-electron chi connectivity index (χ4n) is 3.88. The van der Waals surface area contributed by atoms with Crippen molar-refractivity contribution in [2.75, 3.05) is 41.0 Å². The van der Waals surface area contributed by atoms with E-state index in [0.29, 0.717) is 18.6 Å². The monoisotopic (exact) mass is 503 g/mol. The Labute approximate surface area is 186 Å². The van der Waals surface area contributed by atoms with E-state index in [2.05, 4.69) is 34.4 Å². The Bertz CT molecular complexity index is 629. The minimum atomic E-state index is 0. The summed E-state index contributed by atoms with van der Waals surface area (Å²) in [6.07, 6.45) is 6.21. The largest absolute Gasteiger partial charge is 0.493 e. The molecule has 28 heavy (non-hydrogen) atoms. The summed E-state index contributed by atoms with van der Waals surface area (Å²) in [6.45, 7) is 3.38. The van der Waals surface area contributed by atoms with E-state index in [0.717, 1.165) is 62.0 Å². The molecule has 1 atom stereocenters. The summed E-state index contributed by atoms with van der Waals surface area (Å²) in [5, 5.41) is 3.46. The molecule has 1 unspecified atom stereocenters. The summed E-state index contributed by atoms with van der Waals surface area (Å²) in [5.74, 6) is 3.13. The number of methoxy groups -OCH3 is 1. The van der Waals surface area contributed by atoms with Crippen LogP contribution in [-0.2, 0) is 11.3 Å². The third kappa shape index (κ3) is 6.40. The molecule has 0 radical (unpaired) electrons. The van der Waals surface area contributed by atoms with Crippen LogP contribution in [0.1, 0.15) is 37.7 Å². The van der Waals surface area contributed by atoms with Crippen LogP contribution in [0.5, 0.6) is 11.5 Å². The highest BCUT2D eigenvalue weighted by Gasteiger charge is 2.20. The molecule has 1 heterocycles. The van der Waals surface area contributed by atoms with Crippen LogP contribution < -0.4 is 14.8 Å². The van der Waals surface area contributed by atoms with Gasteiger partial charge in [-0.2, -0.15) is 0 Å². The highest BCUT2D eigenvalue weighted by atomic mass is 127. The van der Waals surface area contributed by atoms with Gasteiger partial charge < -0.3 is 24.4 Å². The molecule has 2 fully saturated rings. The van der Waals surface area contributed by atoms with Crippen molar-refractivity contribution in [3.63, 3.8) is 0 Å². The van der Waals surface area contributed by atoms with Gasteiger partial charge in [0.25, 0.3) is 0 Å². The predicted molar refractivity (Wildman–Crippen MR) is 123 cm³/mol. The Morgan fingerprint density at radius 3 is 2.68 bits per heavy atom. The van der Waals surface area contributed by atoms with Gasteiger partial charge in [-0.3, -0.25) is 4.99 Å². The molecule has 1 aromatic rings. The molecule has 0 aromatic heterocycles. The predicted octanol–water partition coefficient (Wildman–Crippen LogP) is 3.68. The van der Waals surface area contributed by atoms with Gasteiger partial charge >= 0.3 is 0 Å². The quantitative estimate of drug-likeness (QED) is 0.350. The first kappa shape index (κ1) is 23.1. The number of nitrogens with zero attached hydrogens (tertiary/aromatic N) is 2. The zero-order valence-electron chi connectivity index (χ0n) is 17.3. The normalized spacial score (nSPS) is 20.0. The molecular formula is C21H34IN3O3. The standard InChI is InChI=1S/C21H33N3O3.HI/c1-22-21(24(2)14-17-10-11-26-15-17)23-13-16-8-9-19(25-3)20(12-16)27-18-6-4-5-7-18;/h8-9,12,17-18H,4-7,10-11,13-15H2,1-3H3,(H,22,23);1H. The van der Waals surface area contributed by atoms with Crippen LogP contribution in [0.2, 0.25) is 0 Å². The number of ether oxygens (including phenoxy) is 3. The summed E-state index contributed by atoms with van der Waals surface area (Å²) in [4.78, 5) is 6.60. The van der Waals surface area contributed by atoms with Crippen LogP contribution in [-0.4, -0.2) is 57.9 Å². The van der Waals surface area contributed by atoms with Crippen molar-refractivity contribution >= 4 is 29.9 Å². The molecule has 1 aromatic carbocycles. The second-order valence-corrected chi connectivity index (χ2v) is 7.52. The first-order chi connectivity index (χ1) is 13.2. The van der Waals surface area contributed by atoms with Crippen molar-refractivity contribution in [2.24, 2.45) is 10.9 Å². The Morgan fingerprint density at radius 2 is 2.04 bits per heavy atom. The van der Waals surface area contributed by atoms with Crippen LogP contribution in [0.3, 0.4) is 0 Å². The maximum absolute atomic E-state index is 6.20. The van der Waals surface area contributed by atoms with Crippen LogP contribution in [0.25, 0.3) is 0 Å². The maximum atomic E-state index is 6.20.